The minimum absolute atomic E-state index is 0.201. The molecule has 0 saturated heterocycles. The first-order chi connectivity index (χ1) is 14.4. The lowest BCUT2D eigenvalue weighted by atomic mass is 10.1. The summed E-state index contributed by atoms with van der Waals surface area (Å²) in [7, 11) is 0. The molecule has 0 radical (unpaired) electrons. The third kappa shape index (κ3) is 4.48. The van der Waals surface area contributed by atoms with Gasteiger partial charge in [-0.25, -0.2) is 0 Å². The van der Waals surface area contributed by atoms with E-state index in [4.69, 9.17) is 23.8 Å². The minimum Gasteiger partial charge on any atom is -0.332 e. The van der Waals surface area contributed by atoms with Crippen LogP contribution in [0.4, 0.5) is 5.69 Å². The van der Waals surface area contributed by atoms with Gasteiger partial charge in [0.25, 0.3) is 0 Å². The van der Waals surface area contributed by atoms with Crippen molar-refractivity contribution in [2.75, 3.05) is 5.32 Å². The molecule has 2 aromatic carbocycles. The van der Waals surface area contributed by atoms with Gasteiger partial charge in [-0.3, -0.25) is 4.79 Å². The molecule has 0 aliphatic rings. The van der Waals surface area contributed by atoms with Crippen LogP contribution in [0.3, 0.4) is 0 Å². The molecule has 4 aromatic rings. The molecule has 2 heterocycles. The summed E-state index contributed by atoms with van der Waals surface area (Å²) in [6.07, 6.45) is 0.213. The number of anilines is 1. The molecule has 0 bridgehead atoms. The molecule has 7 nitrogen and oxygen atoms in total. The smallest absolute Gasteiger partial charge is 0.234 e. The molecule has 0 spiro atoms. The van der Waals surface area contributed by atoms with Crippen LogP contribution in [-0.2, 0) is 11.2 Å². The Morgan fingerprint density at radius 1 is 1.17 bits per heavy atom. The number of fused-ring (bicyclic) bond motifs is 1. The van der Waals surface area contributed by atoms with E-state index in [0.29, 0.717) is 5.02 Å². The van der Waals surface area contributed by atoms with Gasteiger partial charge in [0.2, 0.25) is 10.9 Å². The number of carbonyl (C=O) groups excluding carboxylic acids is 1. The van der Waals surface area contributed by atoms with E-state index in [2.05, 4.69) is 25.9 Å². The zero-order valence-electron chi connectivity index (χ0n) is 16.1. The summed E-state index contributed by atoms with van der Waals surface area (Å²) < 4.78 is 1.72. The van der Waals surface area contributed by atoms with Crippen molar-refractivity contribution in [1.29, 1.82) is 0 Å². The predicted octanol–water partition coefficient (Wildman–Crippen LogP) is 4.18. The SMILES string of the molecule is Cc1ccc(-c2nn3c(C)nnc3s2)cc1NC(=S)NC(=O)Cc1ccc(Cl)cc1. The first-order valence-electron chi connectivity index (χ1n) is 9.04. The van der Waals surface area contributed by atoms with Crippen molar-refractivity contribution in [1.82, 2.24) is 25.1 Å². The Bertz CT molecular complexity index is 1250. The second-order valence-corrected chi connectivity index (χ2v) is 8.48. The Kier molecular flexibility index (Phi) is 5.76. The summed E-state index contributed by atoms with van der Waals surface area (Å²) in [6.45, 7) is 3.82. The lowest BCUT2D eigenvalue weighted by Crippen LogP contribution is -2.35. The van der Waals surface area contributed by atoms with Crippen LogP contribution in [0.2, 0.25) is 5.02 Å². The molecule has 0 aliphatic carbocycles. The van der Waals surface area contributed by atoms with Crippen LogP contribution in [0.15, 0.2) is 42.5 Å². The second-order valence-electron chi connectivity index (χ2n) is 6.68. The van der Waals surface area contributed by atoms with E-state index in [0.717, 1.165) is 38.2 Å². The van der Waals surface area contributed by atoms with Gasteiger partial charge < -0.3 is 10.6 Å². The molecule has 152 valence electrons. The Morgan fingerprint density at radius 3 is 2.67 bits per heavy atom. The lowest BCUT2D eigenvalue weighted by molar-refractivity contribution is -0.119. The van der Waals surface area contributed by atoms with Crippen molar-refractivity contribution in [2.45, 2.75) is 20.3 Å². The van der Waals surface area contributed by atoms with Gasteiger partial charge in [0.1, 0.15) is 5.01 Å². The summed E-state index contributed by atoms with van der Waals surface area (Å²) >= 11 is 12.7. The van der Waals surface area contributed by atoms with Crippen molar-refractivity contribution in [3.05, 3.63) is 64.4 Å². The van der Waals surface area contributed by atoms with Gasteiger partial charge in [-0.2, -0.15) is 9.61 Å². The van der Waals surface area contributed by atoms with Crippen LogP contribution in [0.5, 0.6) is 0 Å². The highest BCUT2D eigenvalue weighted by molar-refractivity contribution is 7.80. The Hall–Kier alpha value is -2.88. The first-order valence-corrected chi connectivity index (χ1v) is 10.6. The highest BCUT2D eigenvalue weighted by Gasteiger charge is 2.13. The number of hydrogen-bond acceptors (Lipinski definition) is 6. The molecular formula is C20H17ClN6OS2. The predicted molar refractivity (Wildman–Crippen MR) is 123 cm³/mol. The van der Waals surface area contributed by atoms with Crippen LogP contribution in [0.1, 0.15) is 17.0 Å². The maximum absolute atomic E-state index is 12.3. The quantitative estimate of drug-likeness (QED) is 0.448. The summed E-state index contributed by atoms with van der Waals surface area (Å²) in [5, 5.41) is 20.2. The zero-order chi connectivity index (χ0) is 21.3. The monoisotopic (exact) mass is 456 g/mol. The fourth-order valence-electron chi connectivity index (χ4n) is 2.83. The molecule has 2 N–H and O–H groups in total. The van der Waals surface area contributed by atoms with E-state index in [1.165, 1.54) is 11.3 Å². The average Bonchev–Trinajstić information content (AvgIpc) is 3.27. The van der Waals surface area contributed by atoms with Crippen LogP contribution in [0.25, 0.3) is 15.5 Å². The van der Waals surface area contributed by atoms with Gasteiger partial charge in [-0.1, -0.05) is 47.2 Å². The van der Waals surface area contributed by atoms with Gasteiger partial charge in [-0.05, 0) is 55.4 Å². The van der Waals surface area contributed by atoms with E-state index in [-0.39, 0.29) is 17.4 Å². The Labute approximate surface area is 187 Å². The number of benzene rings is 2. The van der Waals surface area contributed by atoms with Crippen molar-refractivity contribution >= 4 is 56.8 Å². The van der Waals surface area contributed by atoms with Crippen LogP contribution in [-0.4, -0.2) is 30.8 Å². The van der Waals surface area contributed by atoms with Gasteiger partial charge >= 0.3 is 0 Å². The zero-order valence-corrected chi connectivity index (χ0v) is 18.5. The van der Waals surface area contributed by atoms with Crippen molar-refractivity contribution in [2.24, 2.45) is 0 Å². The van der Waals surface area contributed by atoms with E-state index < -0.39 is 0 Å². The summed E-state index contributed by atoms with van der Waals surface area (Å²) in [4.78, 5) is 13.0. The van der Waals surface area contributed by atoms with Gasteiger partial charge in [0.05, 0.1) is 6.42 Å². The van der Waals surface area contributed by atoms with E-state index in [9.17, 15) is 4.79 Å². The fraction of sp³-hybridized carbons (Fsp3) is 0.150. The minimum atomic E-state index is -0.201. The third-order valence-corrected chi connectivity index (χ3v) is 5.81. The van der Waals surface area contributed by atoms with Crippen LogP contribution >= 0.6 is 35.2 Å². The highest BCUT2D eigenvalue weighted by Crippen LogP contribution is 2.29. The van der Waals surface area contributed by atoms with Crippen LogP contribution < -0.4 is 10.6 Å². The molecule has 0 aliphatic heterocycles. The molecule has 1 amide bonds. The molecule has 30 heavy (non-hydrogen) atoms. The first kappa shape index (κ1) is 20.4. The van der Waals surface area contributed by atoms with Gasteiger partial charge in [0.15, 0.2) is 10.9 Å². The largest absolute Gasteiger partial charge is 0.332 e. The lowest BCUT2D eigenvalue weighted by Gasteiger charge is -2.13. The molecular weight excluding hydrogens is 440 g/mol. The number of aromatic nitrogens is 4. The number of nitrogens with zero attached hydrogens (tertiary/aromatic N) is 4. The highest BCUT2D eigenvalue weighted by atomic mass is 35.5. The number of amides is 1. The van der Waals surface area contributed by atoms with Crippen molar-refractivity contribution in [3.63, 3.8) is 0 Å². The second kappa shape index (κ2) is 8.47. The number of thiocarbonyl (C=S) groups is 1. The Balaban J connectivity index is 1.45. The molecule has 0 saturated carbocycles. The fourth-order valence-corrected chi connectivity index (χ4v) is 4.06. The molecule has 0 atom stereocenters. The van der Waals surface area contributed by atoms with Crippen molar-refractivity contribution < 1.29 is 4.79 Å². The topological polar surface area (TPSA) is 84.2 Å². The molecule has 0 fully saturated rings. The standard InChI is InChI=1S/C20H17ClN6OS2/c1-11-3-6-14(18-26-27-12(2)24-25-20(27)30-18)10-16(11)22-19(29)23-17(28)9-13-4-7-15(21)8-5-13/h3-8,10H,9H2,1-2H3,(H2,22,23,28,29). The average molecular weight is 457 g/mol. The van der Waals surface area contributed by atoms with Crippen molar-refractivity contribution in [3.8, 4) is 10.6 Å². The third-order valence-electron chi connectivity index (χ3n) is 4.41. The Morgan fingerprint density at radius 2 is 1.93 bits per heavy atom. The maximum Gasteiger partial charge on any atom is 0.234 e. The number of nitrogens with one attached hydrogen (secondary N) is 2. The molecule has 0 unspecified atom stereocenters. The number of halogens is 1. The van der Waals surface area contributed by atoms with Gasteiger partial charge in [0, 0.05) is 16.3 Å². The number of carbonyl (C=O) groups is 1. The molecule has 4 rings (SSSR count). The maximum atomic E-state index is 12.3. The summed E-state index contributed by atoms with van der Waals surface area (Å²) in [5.41, 5.74) is 3.57. The van der Waals surface area contributed by atoms with Crippen LogP contribution in [0, 0.1) is 13.8 Å². The number of hydrogen-bond donors (Lipinski definition) is 2. The molecule has 10 heteroatoms. The summed E-state index contributed by atoms with van der Waals surface area (Å²) in [6, 6.07) is 13.1. The normalized spacial score (nSPS) is 10.9. The van der Waals surface area contributed by atoms with Gasteiger partial charge in [-0.15, -0.1) is 10.2 Å². The number of rotatable bonds is 4. The molecule has 2 aromatic heterocycles. The van der Waals surface area contributed by atoms with E-state index >= 15 is 0 Å². The van der Waals surface area contributed by atoms with E-state index in [1.54, 1.807) is 16.6 Å². The van der Waals surface area contributed by atoms with E-state index in [1.807, 2.05) is 44.2 Å². The summed E-state index contributed by atoms with van der Waals surface area (Å²) in [5.74, 6) is 0.537. The number of aryl methyl sites for hydroxylation is 2.